The van der Waals surface area contributed by atoms with E-state index in [1.807, 2.05) is 6.92 Å². The topological polar surface area (TPSA) is 52.0 Å². The fourth-order valence-corrected chi connectivity index (χ4v) is 3.22. The van der Waals surface area contributed by atoms with Gasteiger partial charge in [0.25, 0.3) is 0 Å². The summed E-state index contributed by atoms with van der Waals surface area (Å²) in [6, 6.07) is 10.6. The van der Waals surface area contributed by atoms with Gasteiger partial charge in [-0.15, -0.1) is 0 Å². The van der Waals surface area contributed by atoms with Crippen molar-refractivity contribution in [2.24, 2.45) is 0 Å². The number of aryl methyl sites for hydroxylation is 1. The van der Waals surface area contributed by atoms with Gasteiger partial charge >= 0.3 is 0 Å². The molecule has 0 bridgehead atoms. The first-order valence-corrected chi connectivity index (χ1v) is 7.53. The number of nitrogens with one attached hydrogen (secondary N) is 1. The molecule has 0 atom stereocenters. The fourth-order valence-electron chi connectivity index (χ4n) is 2.45. The van der Waals surface area contributed by atoms with E-state index in [0.29, 0.717) is 5.56 Å². The Bertz CT molecular complexity index is 633. The van der Waals surface area contributed by atoms with Crippen molar-refractivity contribution in [2.75, 3.05) is 23.3 Å². The number of hydrogen-bond donors (Lipinski definition) is 1. The molecule has 0 aliphatic carbocycles. The van der Waals surface area contributed by atoms with Crippen LogP contribution in [0.2, 0.25) is 0 Å². The van der Waals surface area contributed by atoms with Crippen LogP contribution in [0.5, 0.6) is 0 Å². The smallest absolute Gasteiger partial charge is 0.132 e. The number of nitrogens with zero attached hydrogens (tertiary/aromatic N) is 3. The molecule has 0 radical (unpaired) electrons. The van der Waals surface area contributed by atoms with Gasteiger partial charge in [-0.25, -0.2) is 0 Å². The summed E-state index contributed by atoms with van der Waals surface area (Å²) >= 11 is 1.33. The maximum Gasteiger partial charge on any atom is 0.132 e. The Morgan fingerprint density at radius 3 is 2.60 bits per heavy atom. The molecule has 4 nitrogen and oxygen atoms in total. The minimum absolute atomic E-state index is 0.638. The summed E-state index contributed by atoms with van der Waals surface area (Å²) < 4.78 is 4.21. The van der Waals surface area contributed by atoms with E-state index in [0.717, 1.165) is 29.5 Å². The van der Waals surface area contributed by atoms with Crippen molar-refractivity contribution in [1.82, 2.24) is 4.37 Å². The molecule has 1 aliphatic rings. The van der Waals surface area contributed by atoms with Crippen LogP contribution >= 0.6 is 11.5 Å². The summed E-state index contributed by atoms with van der Waals surface area (Å²) in [4.78, 5) is 2.40. The Hall–Kier alpha value is -2.06. The highest BCUT2D eigenvalue weighted by molar-refractivity contribution is 7.10. The molecule has 1 aliphatic heterocycles. The second-order valence-electron chi connectivity index (χ2n) is 4.95. The largest absolute Gasteiger partial charge is 0.372 e. The number of aromatic nitrogens is 1. The molecule has 1 fully saturated rings. The van der Waals surface area contributed by atoms with E-state index in [1.165, 1.54) is 30.1 Å². The third-order valence-electron chi connectivity index (χ3n) is 3.57. The van der Waals surface area contributed by atoms with Gasteiger partial charge in [-0.2, -0.15) is 9.64 Å². The van der Waals surface area contributed by atoms with Crippen LogP contribution in [0.25, 0.3) is 0 Å². The van der Waals surface area contributed by atoms with E-state index in [-0.39, 0.29) is 0 Å². The van der Waals surface area contributed by atoms with Crippen molar-refractivity contribution in [1.29, 1.82) is 5.26 Å². The Kier molecular flexibility index (Phi) is 3.57. The summed E-state index contributed by atoms with van der Waals surface area (Å²) in [5.74, 6) is 0. The molecule has 3 rings (SSSR count). The van der Waals surface area contributed by atoms with Crippen LogP contribution in [-0.2, 0) is 0 Å². The Morgan fingerprint density at radius 2 is 1.95 bits per heavy atom. The van der Waals surface area contributed by atoms with Crippen molar-refractivity contribution >= 4 is 27.9 Å². The van der Waals surface area contributed by atoms with Gasteiger partial charge < -0.3 is 10.2 Å². The van der Waals surface area contributed by atoms with Crippen molar-refractivity contribution in [3.63, 3.8) is 0 Å². The first-order chi connectivity index (χ1) is 9.78. The molecule has 1 aromatic carbocycles. The highest BCUT2D eigenvalue weighted by atomic mass is 32.1. The third kappa shape index (κ3) is 2.47. The van der Waals surface area contributed by atoms with Gasteiger partial charge in [-0.1, -0.05) is 0 Å². The van der Waals surface area contributed by atoms with Crippen molar-refractivity contribution in [3.8, 4) is 6.07 Å². The lowest BCUT2D eigenvalue weighted by Gasteiger charge is -2.17. The molecule has 20 heavy (non-hydrogen) atoms. The number of nitriles is 1. The molecular formula is C15H16N4S. The van der Waals surface area contributed by atoms with Crippen LogP contribution < -0.4 is 10.2 Å². The molecule has 0 amide bonds. The second-order valence-corrected chi connectivity index (χ2v) is 5.72. The maximum atomic E-state index is 9.12. The number of benzene rings is 1. The van der Waals surface area contributed by atoms with Crippen LogP contribution in [0.4, 0.5) is 16.4 Å². The molecule has 1 aromatic heterocycles. The summed E-state index contributed by atoms with van der Waals surface area (Å²) in [6.07, 6.45) is 2.57. The van der Waals surface area contributed by atoms with Gasteiger partial charge in [0.15, 0.2) is 0 Å². The molecule has 0 saturated carbocycles. The lowest BCUT2D eigenvalue weighted by atomic mass is 10.2. The minimum Gasteiger partial charge on any atom is -0.372 e. The second kappa shape index (κ2) is 5.51. The molecule has 1 saturated heterocycles. The first-order valence-electron chi connectivity index (χ1n) is 6.76. The average Bonchev–Trinajstić information content (AvgIpc) is 3.10. The molecule has 102 valence electrons. The Balaban J connectivity index is 1.76. The van der Waals surface area contributed by atoms with E-state index >= 15 is 0 Å². The Labute approximate surface area is 122 Å². The van der Waals surface area contributed by atoms with E-state index in [2.05, 4.69) is 44.9 Å². The summed E-state index contributed by atoms with van der Waals surface area (Å²) in [7, 11) is 0. The van der Waals surface area contributed by atoms with Crippen LogP contribution in [0.1, 0.15) is 24.1 Å². The summed E-state index contributed by atoms with van der Waals surface area (Å²) in [5.41, 5.74) is 3.69. The number of rotatable bonds is 3. The molecule has 5 heteroatoms. The molecule has 0 unspecified atom stereocenters. The van der Waals surface area contributed by atoms with Gasteiger partial charge in [-0.05, 0) is 55.6 Å². The first kappa shape index (κ1) is 12.9. The number of anilines is 3. The molecule has 1 N–H and O–H groups in total. The zero-order valence-corrected chi connectivity index (χ0v) is 12.2. The predicted octanol–water partition coefficient (Wildman–Crippen LogP) is 3.67. The van der Waals surface area contributed by atoms with Gasteiger partial charge in [0.2, 0.25) is 0 Å². The van der Waals surface area contributed by atoms with Crippen LogP contribution in [0, 0.1) is 18.3 Å². The van der Waals surface area contributed by atoms with Gasteiger partial charge in [0.05, 0.1) is 5.69 Å². The van der Waals surface area contributed by atoms with E-state index in [1.54, 1.807) is 0 Å². The average molecular weight is 284 g/mol. The molecular weight excluding hydrogens is 268 g/mol. The molecule has 2 heterocycles. The van der Waals surface area contributed by atoms with E-state index < -0.39 is 0 Å². The van der Waals surface area contributed by atoms with E-state index in [4.69, 9.17) is 5.26 Å². The Morgan fingerprint density at radius 1 is 1.25 bits per heavy atom. The highest BCUT2D eigenvalue weighted by Gasteiger charge is 2.13. The standard InChI is InChI=1S/C15H16N4S/c1-11-14(10-16)15(20-18-11)17-12-4-6-13(7-5-12)19-8-2-3-9-19/h4-7,17H,2-3,8-9H2,1H3. The summed E-state index contributed by atoms with van der Waals surface area (Å²) in [6.45, 7) is 4.16. The lowest BCUT2D eigenvalue weighted by molar-refractivity contribution is 0.949. The normalized spacial score (nSPS) is 14.3. The number of hydrogen-bond acceptors (Lipinski definition) is 5. The van der Waals surface area contributed by atoms with Crippen molar-refractivity contribution in [2.45, 2.75) is 19.8 Å². The third-order valence-corrected chi connectivity index (χ3v) is 4.42. The molecule has 2 aromatic rings. The van der Waals surface area contributed by atoms with E-state index in [9.17, 15) is 0 Å². The SMILES string of the molecule is Cc1nsc(Nc2ccc(N3CCCC3)cc2)c1C#N. The zero-order chi connectivity index (χ0) is 13.9. The van der Waals surface area contributed by atoms with Crippen LogP contribution in [0.3, 0.4) is 0 Å². The zero-order valence-electron chi connectivity index (χ0n) is 11.4. The van der Waals surface area contributed by atoms with Gasteiger partial charge in [0, 0.05) is 24.5 Å². The minimum atomic E-state index is 0.638. The van der Waals surface area contributed by atoms with Crippen LogP contribution in [-0.4, -0.2) is 17.5 Å². The summed E-state index contributed by atoms with van der Waals surface area (Å²) in [5, 5.41) is 13.2. The lowest BCUT2D eigenvalue weighted by Crippen LogP contribution is -2.17. The molecule has 0 spiro atoms. The van der Waals surface area contributed by atoms with Crippen molar-refractivity contribution < 1.29 is 0 Å². The fraction of sp³-hybridized carbons (Fsp3) is 0.333. The maximum absolute atomic E-state index is 9.12. The van der Waals surface area contributed by atoms with Crippen molar-refractivity contribution in [3.05, 3.63) is 35.5 Å². The van der Waals surface area contributed by atoms with Gasteiger partial charge in [0.1, 0.15) is 16.6 Å². The quantitative estimate of drug-likeness (QED) is 0.934. The monoisotopic (exact) mass is 284 g/mol. The highest BCUT2D eigenvalue weighted by Crippen LogP contribution is 2.28. The van der Waals surface area contributed by atoms with Crippen LogP contribution in [0.15, 0.2) is 24.3 Å². The van der Waals surface area contributed by atoms with Gasteiger partial charge in [-0.3, -0.25) is 0 Å². The predicted molar refractivity (Wildman–Crippen MR) is 82.7 cm³/mol.